The minimum absolute atomic E-state index is 0.721. The van der Waals surface area contributed by atoms with Gasteiger partial charge in [-0.2, -0.15) is 0 Å². The third-order valence-electron chi connectivity index (χ3n) is 3.34. The van der Waals surface area contributed by atoms with Crippen LogP contribution in [-0.4, -0.2) is 14.2 Å². The lowest BCUT2D eigenvalue weighted by Crippen LogP contribution is -2.02. The van der Waals surface area contributed by atoms with Gasteiger partial charge in [0.25, 0.3) is 0 Å². The predicted octanol–water partition coefficient (Wildman–Crippen LogP) is 3.88. The van der Waals surface area contributed by atoms with E-state index in [1.165, 1.54) is 5.56 Å². The van der Waals surface area contributed by atoms with Gasteiger partial charge in [-0.05, 0) is 36.2 Å². The average Bonchev–Trinajstić information content (AvgIpc) is 2.53. The quantitative estimate of drug-likeness (QED) is 0.865. The van der Waals surface area contributed by atoms with Gasteiger partial charge in [0.1, 0.15) is 11.5 Å². The Morgan fingerprint density at radius 1 is 0.950 bits per heavy atom. The van der Waals surface area contributed by atoms with Crippen molar-refractivity contribution in [2.45, 2.75) is 19.9 Å². The van der Waals surface area contributed by atoms with Crippen LogP contribution in [0.15, 0.2) is 42.5 Å². The first kappa shape index (κ1) is 14.3. The maximum absolute atomic E-state index is 5.39. The highest BCUT2D eigenvalue weighted by atomic mass is 16.5. The molecule has 20 heavy (non-hydrogen) atoms. The number of benzene rings is 2. The van der Waals surface area contributed by atoms with Crippen molar-refractivity contribution < 1.29 is 9.47 Å². The fraction of sp³-hybridized carbons (Fsp3) is 0.294. The third kappa shape index (κ3) is 3.44. The normalized spacial score (nSPS) is 10.2. The monoisotopic (exact) mass is 271 g/mol. The topological polar surface area (TPSA) is 30.5 Å². The van der Waals surface area contributed by atoms with Crippen LogP contribution < -0.4 is 14.8 Å². The zero-order valence-electron chi connectivity index (χ0n) is 12.3. The Kier molecular flexibility index (Phi) is 4.88. The van der Waals surface area contributed by atoms with Crippen LogP contribution in [-0.2, 0) is 13.0 Å². The highest BCUT2D eigenvalue weighted by Crippen LogP contribution is 2.25. The van der Waals surface area contributed by atoms with Crippen LogP contribution in [0.3, 0.4) is 0 Å². The second-order valence-electron chi connectivity index (χ2n) is 4.58. The fourth-order valence-corrected chi connectivity index (χ4v) is 2.05. The summed E-state index contributed by atoms with van der Waals surface area (Å²) >= 11 is 0. The molecule has 0 radical (unpaired) electrons. The first-order valence-corrected chi connectivity index (χ1v) is 6.80. The summed E-state index contributed by atoms with van der Waals surface area (Å²) < 4.78 is 10.6. The molecule has 2 aromatic rings. The Morgan fingerprint density at radius 2 is 1.70 bits per heavy atom. The molecule has 0 heterocycles. The molecule has 0 aliphatic rings. The summed E-state index contributed by atoms with van der Waals surface area (Å²) in [6.45, 7) is 2.88. The van der Waals surface area contributed by atoms with Crippen LogP contribution in [0, 0.1) is 0 Å². The van der Waals surface area contributed by atoms with Gasteiger partial charge in [-0.25, -0.2) is 0 Å². The molecule has 0 fully saturated rings. The molecule has 0 saturated carbocycles. The van der Waals surface area contributed by atoms with Crippen molar-refractivity contribution in [3.63, 3.8) is 0 Å². The smallest absolute Gasteiger partial charge is 0.127 e. The number of aryl methyl sites for hydroxylation is 1. The molecule has 0 spiro atoms. The Bertz CT molecular complexity index is 549. The maximum atomic E-state index is 5.39. The van der Waals surface area contributed by atoms with Gasteiger partial charge < -0.3 is 14.8 Å². The van der Waals surface area contributed by atoms with E-state index in [0.29, 0.717) is 0 Å². The highest BCUT2D eigenvalue weighted by molar-refractivity contribution is 5.47. The van der Waals surface area contributed by atoms with Gasteiger partial charge in [0.15, 0.2) is 0 Å². The molecule has 0 aromatic heterocycles. The molecule has 2 aromatic carbocycles. The summed E-state index contributed by atoms with van der Waals surface area (Å²) in [7, 11) is 3.33. The number of anilines is 1. The number of hydrogen-bond acceptors (Lipinski definition) is 3. The molecular formula is C17H21NO2. The molecule has 1 N–H and O–H groups in total. The second-order valence-corrected chi connectivity index (χ2v) is 4.58. The van der Waals surface area contributed by atoms with Gasteiger partial charge >= 0.3 is 0 Å². The van der Waals surface area contributed by atoms with Gasteiger partial charge in [0, 0.05) is 23.9 Å². The molecule has 106 valence electrons. The van der Waals surface area contributed by atoms with Crippen LogP contribution in [0.2, 0.25) is 0 Å². The Balaban J connectivity index is 2.05. The molecular weight excluding hydrogens is 250 g/mol. The Labute approximate surface area is 120 Å². The van der Waals surface area contributed by atoms with E-state index in [9.17, 15) is 0 Å². The summed E-state index contributed by atoms with van der Waals surface area (Å²) in [5.41, 5.74) is 3.56. The lowest BCUT2D eigenvalue weighted by Gasteiger charge is -2.12. The molecule has 0 amide bonds. The van der Waals surface area contributed by atoms with Crippen molar-refractivity contribution in [1.82, 2.24) is 0 Å². The Hall–Kier alpha value is -2.16. The molecule has 3 nitrogen and oxygen atoms in total. The van der Waals surface area contributed by atoms with Crippen molar-refractivity contribution in [2.24, 2.45) is 0 Å². The van der Waals surface area contributed by atoms with Crippen molar-refractivity contribution in [1.29, 1.82) is 0 Å². The van der Waals surface area contributed by atoms with Crippen LogP contribution >= 0.6 is 0 Å². The number of methoxy groups -OCH3 is 2. The zero-order valence-corrected chi connectivity index (χ0v) is 12.3. The standard InChI is InChI=1S/C17H21NO2/c1-4-13-5-8-15(9-6-13)18-12-14-7-10-16(19-2)11-17(14)20-3/h5-11,18H,4,12H2,1-3H3. The second kappa shape index (κ2) is 6.85. The molecule has 0 aliphatic carbocycles. The lowest BCUT2D eigenvalue weighted by molar-refractivity contribution is 0.391. The summed E-state index contributed by atoms with van der Waals surface area (Å²) in [5, 5.41) is 3.40. The van der Waals surface area contributed by atoms with Crippen molar-refractivity contribution in [3.05, 3.63) is 53.6 Å². The van der Waals surface area contributed by atoms with E-state index in [0.717, 1.165) is 35.7 Å². The minimum Gasteiger partial charge on any atom is -0.497 e. The van der Waals surface area contributed by atoms with E-state index in [1.54, 1.807) is 14.2 Å². The molecule has 0 saturated heterocycles. The first-order chi connectivity index (χ1) is 9.76. The number of ether oxygens (including phenoxy) is 2. The molecule has 3 heteroatoms. The van der Waals surface area contributed by atoms with E-state index < -0.39 is 0 Å². The van der Waals surface area contributed by atoms with Crippen LogP contribution in [0.5, 0.6) is 11.5 Å². The van der Waals surface area contributed by atoms with Crippen molar-refractivity contribution in [3.8, 4) is 11.5 Å². The summed E-state index contributed by atoms with van der Waals surface area (Å²) in [5.74, 6) is 1.64. The summed E-state index contributed by atoms with van der Waals surface area (Å²) in [6, 6.07) is 14.4. The number of nitrogens with one attached hydrogen (secondary N) is 1. The average molecular weight is 271 g/mol. The first-order valence-electron chi connectivity index (χ1n) is 6.80. The third-order valence-corrected chi connectivity index (χ3v) is 3.34. The van der Waals surface area contributed by atoms with Gasteiger partial charge in [-0.3, -0.25) is 0 Å². The fourth-order valence-electron chi connectivity index (χ4n) is 2.05. The molecule has 0 atom stereocenters. The molecule has 0 aliphatic heterocycles. The Morgan fingerprint density at radius 3 is 2.30 bits per heavy atom. The van der Waals surface area contributed by atoms with Gasteiger partial charge in [0.2, 0.25) is 0 Å². The van der Waals surface area contributed by atoms with E-state index in [2.05, 4.69) is 36.5 Å². The van der Waals surface area contributed by atoms with E-state index >= 15 is 0 Å². The predicted molar refractivity (Wildman–Crippen MR) is 82.7 cm³/mol. The molecule has 2 rings (SSSR count). The summed E-state index contributed by atoms with van der Waals surface area (Å²) in [6.07, 6.45) is 1.06. The summed E-state index contributed by atoms with van der Waals surface area (Å²) in [4.78, 5) is 0. The van der Waals surface area contributed by atoms with Crippen molar-refractivity contribution >= 4 is 5.69 Å². The number of hydrogen-bond donors (Lipinski definition) is 1. The lowest BCUT2D eigenvalue weighted by atomic mass is 10.1. The van der Waals surface area contributed by atoms with E-state index in [-0.39, 0.29) is 0 Å². The zero-order chi connectivity index (χ0) is 14.4. The largest absolute Gasteiger partial charge is 0.497 e. The van der Waals surface area contributed by atoms with E-state index in [4.69, 9.17) is 9.47 Å². The highest BCUT2D eigenvalue weighted by Gasteiger charge is 2.04. The van der Waals surface area contributed by atoms with Gasteiger partial charge in [-0.1, -0.05) is 19.1 Å². The molecule has 0 bridgehead atoms. The van der Waals surface area contributed by atoms with Crippen LogP contribution in [0.1, 0.15) is 18.1 Å². The van der Waals surface area contributed by atoms with Gasteiger partial charge in [-0.15, -0.1) is 0 Å². The van der Waals surface area contributed by atoms with Crippen LogP contribution in [0.25, 0.3) is 0 Å². The van der Waals surface area contributed by atoms with Crippen LogP contribution in [0.4, 0.5) is 5.69 Å². The molecule has 0 unspecified atom stereocenters. The minimum atomic E-state index is 0.721. The SMILES string of the molecule is CCc1ccc(NCc2ccc(OC)cc2OC)cc1. The van der Waals surface area contributed by atoms with Gasteiger partial charge in [0.05, 0.1) is 14.2 Å². The van der Waals surface area contributed by atoms with E-state index in [1.807, 2.05) is 18.2 Å². The maximum Gasteiger partial charge on any atom is 0.127 e. The number of rotatable bonds is 6. The van der Waals surface area contributed by atoms with Crippen molar-refractivity contribution in [2.75, 3.05) is 19.5 Å².